The first-order valence-corrected chi connectivity index (χ1v) is 8.39. The Morgan fingerprint density at radius 1 is 1.04 bits per heavy atom. The number of amides is 2. The highest BCUT2D eigenvalue weighted by Gasteiger charge is 2.27. The van der Waals surface area contributed by atoms with E-state index in [9.17, 15) is 9.59 Å². The van der Waals surface area contributed by atoms with Crippen molar-refractivity contribution in [3.63, 3.8) is 0 Å². The van der Waals surface area contributed by atoms with Gasteiger partial charge in [0.05, 0.1) is 12.1 Å². The van der Waals surface area contributed by atoms with Gasteiger partial charge in [-0.05, 0) is 41.5 Å². The number of fused-ring (bicyclic) bond motifs is 1. The highest BCUT2D eigenvalue weighted by Crippen LogP contribution is 2.28. The fourth-order valence-electron chi connectivity index (χ4n) is 3.04. The third-order valence-electron chi connectivity index (χ3n) is 4.45. The van der Waals surface area contributed by atoms with Crippen LogP contribution in [0.25, 0.3) is 0 Å². The van der Waals surface area contributed by atoms with Crippen LogP contribution in [-0.2, 0) is 13.1 Å². The molecule has 0 spiro atoms. The molecular formula is C21H17N3O2. The standard InChI is InChI=1S/C21H17N3O2/c25-20(16-5-3-11-22-13-16)23-12-15-7-9-18(10-8-15)24-14-17-4-1-2-6-19(17)21(24)26/h1-11,13H,12,14H2,(H,23,25). The molecule has 1 aliphatic rings. The zero-order valence-corrected chi connectivity index (χ0v) is 14.1. The number of hydrogen-bond donors (Lipinski definition) is 1. The van der Waals surface area contributed by atoms with Crippen LogP contribution in [0.3, 0.4) is 0 Å². The highest BCUT2D eigenvalue weighted by atomic mass is 16.2. The van der Waals surface area contributed by atoms with Gasteiger partial charge < -0.3 is 10.2 Å². The molecule has 0 saturated heterocycles. The van der Waals surface area contributed by atoms with E-state index < -0.39 is 0 Å². The lowest BCUT2D eigenvalue weighted by Crippen LogP contribution is -2.24. The molecule has 2 aromatic carbocycles. The summed E-state index contributed by atoms with van der Waals surface area (Å²) in [5.41, 5.74) is 4.17. The number of aromatic nitrogens is 1. The van der Waals surface area contributed by atoms with Crippen molar-refractivity contribution < 1.29 is 9.59 Å². The topological polar surface area (TPSA) is 62.3 Å². The SMILES string of the molecule is O=C(NCc1ccc(N2Cc3ccccc3C2=O)cc1)c1cccnc1. The number of benzene rings is 2. The van der Waals surface area contributed by atoms with Crippen molar-refractivity contribution in [2.45, 2.75) is 13.1 Å². The third-order valence-corrected chi connectivity index (χ3v) is 4.45. The zero-order chi connectivity index (χ0) is 17.9. The van der Waals surface area contributed by atoms with Gasteiger partial charge in [-0.2, -0.15) is 0 Å². The lowest BCUT2D eigenvalue weighted by atomic mass is 10.1. The predicted molar refractivity (Wildman–Crippen MR) is 98.8 cm³/mol. The summed E-state index contributed by atoms with van der Waals surface area (Å²) in [4.78, 5) is 30.3. The van der Waals surface area contributed by atoms with Gasteiger partial charge in [0, 0.05) is 30.2 Å². The summed E-state index contributed by atoms with van der Waals surface area (Å²) >= 11 is 0. The summed E-state index contributed by atoms with van der Waals surface area (Å²) in [6.45, 7) is 1.01. The monoisotopic (exact) mass is 343 g/mol. The summed E-state index contributed by atoms with van der Waals surface area (Å²) in [6.07, 6.45) is 3.17. The van der Waals surface area contributed by atoms with Crippen molar-refractivity contribution in [3.8, 4) is 0 Å². The lowest BCUT2D eigenvalue weighted by molar-refractivity contribution is 0.0949. The Bertz CT molecular complexity index is 953. The molecule has 0 radical (unpaired) electrons. The van der Waals surface area contributed by atoms with Crippen LogP contribution >= 0.6 is 0 Å². The fraction of sp³-hybridized carbons (Fsp3) is 0.0952. The van der Waals surface area contributed by atoms with Gasteiger partial charge in [-0.3, -0.25) is 14.6 Å². The molecule has 5 heteroatoms. The molecule has 1 N–H and O–H groups in total. The molecular weight excluding hydrogens is 326 g/mol. The fourth-order valence-corrected chi connectivity index (χ4v) is 3.04. The molecule has 0 fully saturated rings. The van der Waals surface area contributed by atoms with Crippen molar-refractivity contribution in [1.29, 1.82) is 0 Å². The van der Waals surface area contributed by atoms with Crippen LogP contribution in [0.5, 0.6) is 0 Å². The molecule has 0 aliphatic carbocycles. The second-order valence-electron chi connectivity index (χ2n) is 6.14. The first kappa shape index (κ1) is 16.0. The number of pyridine rings is 1. The van der Waals surface area contributed by atoms with E-state index in [4.69, 9.17) is 0 Å². The van der Waals surface area contributed by atoms with Crippen molar-refractivity contribution >= 4 is 17.5 Å². The lowest BCUT2D eigenvalue weighted by Gasteiger charge is -2.16. The molecule has 0 atom stereocenters. The van der Waals surface area contributed by atoms with Gasteiger partial charge in [-0.1, -0.05) is 30.3 Å². The number of rotatable bonds is 4. The third kappa shape index (κ3) is 3.07. The van der Waals surface area contributed by atoms with Crippen LogP contribution in [0.15, 0.2) is 73.1 Å². The molecule has 5 nitrogen and oxygen atoms in total. The Morgan fingerprint density at radius 2 is 1.85 bits per heavy atom. The van der Waals surface area contributed by atoms with Crippen LogP contribution in [0.1, 0.15) is 31.8 Å². The summed E-state index contributed by atoms with van der Waals surface area (Å²) in [7, 11) is 0. The molecule has 3 aromatic rings. The first-order valence-electron chi connectivity index (χ1n) is 8.39. The van der Waals surface area contributed by atoms with Crippen LogP contribution < -0.4 is 10.2 Å². The average Bonchev–Trinajstić information content (AvgIpc) is 3.04. The maximum atomic E-state index is 12.5. The van der Waals surface area contributed by atoms with E-state index in [2.05, 4.69) is 10.3 Å². The quantitative estimate of drug-likeness (QED) is 0.791. The van der Waals surface area contributed by atoms with E-state index >= 15 is 0 Å². The van der Waals surface area contributed by atoms with E-state index in [0.29, 0.717) is 18.7 Å². The summed E-state index contributed by atoms with van der Waals surface area (Å²) in [5.74, 6) is -0.134. The number of anilines is 1. The minimum absolute atomic E-state index is 0.0261. The maximum Gasteiger partial charge on any atom is 0.258 e. The first-order chi connectivity index (χ1) is 12.7. The number of hydrogen-bond acceptors (Lipinski definition) is 3. The van der Waals surface area contributed by atoms with Gasteiger partial charge in [-0.15, -0.1) is 0 Å². The Balaban J connectivity index is 1.42. The zero-order valence-electron chi connectivity index (χ0n) is 14.1. The number of carbonyl (C=O) groups excluding carboxylic acids is 2. The van der Waals surface area contributed by atoms with E-state index in [-0.39, 0.29) is 11.8 Å². The summed E-state index contributed by atoms with van der Waals surface area (Å²) in [5, 5.41) is 2.87. The molecule has 1 aromatic heterocycles. The van der Waals surface area contributed by atoms with Gasteiger partial charge in [0.15, 0.2) is 0 Å². The Morgan fingerprint density at radius 3 is 2.58 bits per heavy atom. The average molecular weight is 343 g/mol. The molecule has 0 saturated carbocycles. The van der Waals surface area contributed by atoms with Crippen molar-refractivity contribution in [2.75, 3.05) is 4.90 Å². The van der Waals surface area contributed by atoms with Gasteiger partial charge >= 0.3 is 0 Å². The Labute approximate surface area is 151 Å². The van der Waals surface area contributed by atoms with Gasteiger partial charge in [0.25, 0.3) is 11.8 Å². The van der Waals surface area contributed by atoms with Crippen LogP contribution in [-0.4, -0.2) is 16.8 Å². The van der Waals surface area contributed by atoms with Crippen LogP contribution in [0.2, 0.25) is 0 Å². The maximum absolute atomic E-state index is 12.5. The van der Waals surface area contributed by atoms with E-state index in [1.54, 1.807) is 23.2 Å². The highest BCUT2D eigenvalue weighted by molar-refractivity contribution is 6.09. The number of carbonyl (C=O) groups is 2. The molecule has 4 rings (SSSR count). The molecule has 0 unspecified atom stereocenters. The van der Waals surface area contributed by atoms with Crippen LogP contribution in [0, 0.1) is 0 Å². The number of nitrogens with zero attached hydrogens (tertiary/aromatic N) is 2. The van der Waals surface area contributed by atoms with E-state index in [1.807, 2.05) is 48.5 Å². The Kier molecular flexibility index (Phi) is 4.19. The molecule has 0 bridgehead atoms. The minimum atomic E-state index is -0.160. The van der Waals surface area contributed by atoms with Gasteiger partial charge in [-0.25, -0.2) is 0 Å². The predicted octanol–water partition coefficient (Wildman–Crippen LogP) is 3.17. The van der Waals surface area contributed by atoms with Crippen molar-refractivity contribution in [3.05, 3.63) is 95.3 Å². The molecule has 26 heavy (non-hydrogen) atoms. The normalized spacial score (nSPS) is 12.8. The summed E-state index contributed by atoms with van der Waals surface area (Å²) < 4.78 is 0. The van der Waals surface area contributed by atoms with Crippen molar-refractivity contribution in [1.82, 2.24) is 10.3 Å². The largest absolute Gasteiger partial charge is 0.348 e. The second kappa shape index (κ2) is 6.80. The Hall–Kier alpha value is -3.47. The van der Waals surface area contributed by atoms with Crippen LogP contribution in [0.4, 0.5) is 5.69 Å². The second-order valence-corrected chi connectivity index (χ2v) is 6.14. The molecule has 2 heterocycles. The minimum Gasteiger partial charge on any atom is -0.348 e. The van der Waals surface area contributed by atoms with E-state index in [1.165, 1.54) is 6.20 Å². The molecule has 1 aliphatic heterocycles. The van der Waals surface area contributed by atoms with Crippen molar-refractivity contribution in [2.24, 2.45) is 0 Å². The van der Waals surface area contributed by atoms with E-state index in [0.717, 1.165) is 22.4 Å². The molecule has 128 valence electrons. The van der Waals surface area contributed by atoms with Gasteiger partial charge in [0.2, 0.25) is 0 Å². The smallest absolute Gasteiger partial charge is 0.258 e. The molecule has 2 amide bonds. The number of nitrogens with one attached hydrogen (secondary N) is 1. The van der Waals surface area contributed by atoms with Gasteiger partial charge in [0.1, 0.15) is 0 Å². The summed E-state index contributed by atoms with van der Waals surface area (Å²) in [6, 6.07) is 18.8.